The molecule has 0 fully saturated rings. The first-order valence-corrected chi connectivity index (χ1v) is 6.08. The highest BCUT2D eigenvalue weighted by Crippen LogP contribution is 2.19. The van der Waals surface area contributed by atoms with Crippen LogP contribution in [0.2, 0.25) is 0 Å². The predicted octanol–water partition coefficient (Wildman–Crippen LogP) is 2.45. The molecule has 0 aliphatic carbocycles. The van der Waals surface area contributed by atoms with Crippen LogP contribution in [0.3, 0.4) is 0 Å². The number of aliphatic hydroxyl groups is 1. The maximum Gasteiger partial charge on any atom is 0.390 e. The van der Waals surface area contributed by atoms with E-state index in [0.717, 1.165) is 0 Å². The molecule has 1 aromatic rings. The minimum atomic E-state index is -4.20. The van der Waals surface area contributed by atoms with Gasteiger partial charge in [0.05, 0.1) is 6.42 Å². The van der Waals surface area contributed by atoms with Crippen molar-refractivity contribution in [3.63, 3.8) is 0 Å². The summed E-state index contributed by atoms with van der Waals surface area (Å²) in [5.41, 5.74) is 0. The fourth-order valence-electron chi connectivity index (χ4n) is 1.54. The van der Waals surface area contributed by atoms with E-state index < -0.39 is 24.5 Å². The van der Waals surface area contributed by atoms with E-state index in [2.05, 4.69) is 0 Å². The van der Waals surface area contributed by atoms with Gasteiger partial charge < -0.3 is 14.7 Å². The predicted molar refractivity (Wildman–Crippen MR) is 66.1 cm³/mol. The maximum atomic E-state index is 12.6. The van der Waals surface area contributed by atoms with Crippen molar-refractivity contribution in [3.8, 4) is 5.75 Å². The number of ether oxygens (including phenoxy) is 1. The average Bonchev–Trinajstić information content (AvgIpc) is 2.35. The minimum absolute atomic E-state index is 0.0667. The van der Waals surface area contributed by atoms with Gasteiger partial charge in [0, 0.05) is 13.1 Å². The van der Waals surface area contributed by atoms with Gasteiger partial charge in [0.25, 0.3) is 0 Å². The fraction of sp³-hybridized carbons (Fsp3) is 0.538. The molecule has 0 amide bonds. The van der Waals surface area contributed by atoms with Gasteiger partial charge in [-0.2, -0.15) is 13.2 Å². The number of aliphatic hydroxyl groups excluding tert-OH is 1. The van der Waals surface area contributed by atoms with Gasteiger partial charge in [0.2, 0.25) is 0 Å². The van der Waals surface area contributed by atoms with Crippen molar-refractivity contribution >= 4 is 0 Å². The summed E-state index contributed by atoms with van der Waals surface area (Å²) in [4.78, 5) is 1.38. The first-order chi connectivity index (χ1) is 9.26. The van der Waals surface area contributed by atoms with Crippen molar-refractivity contribution in [2.75, 3.05) is 26.7 Å². The Labute approximate surface area is 114 Å². The number of halogens is 4. The lowest BCUT2D eigenvalue weighted by atomic mass is 10.3. The van der Waals surface area contributed by atoms with Crippen LogP contribution in [-0.4, -0.2) is 49.0 Å². The molecule has 1 rings (SSSR count). The Morgan fingerprint density at radius 2 is 1.85 bits per heavy atom. The van der Waals surface area contributed by atoms with Crippen molar-refractivity contribution in [1.29, 1.82) is 0 Å². The molecule has 0 aromatic heterocycles. The maximum absolute atomic E-state index is 12.6. The lowest BCUT2D eigenvalue weighted by Gasteiger charge is -2.21. The summed E-state index contributed by atoms with van der Waals surface area (Å²) in [6.45, 7) is -0.184. The number of nitrogens with zero attached hydrogens (tertiary/aromatic N) is 1. The Kier molecular flexibility index (Phi) is 6.22. The summed E-state index contributed by atoms with van der Waals surface area (Å²) < 4.78 is 53.9. The van der Waals surface area contributed by atoms with Crippen molar-refractivity contribution in [2.24, 2.45) is 0 Å². The fourth-order valence-corrected chi connectivity index (χ4v) is 1.54. The van der Waals surface area contributed by atoms with Crippen molar-refractivity contribution in [2.45, 2.75) is 18.7 Å². The summed E-state index contributed by atoms with van der Waals surface area (Å²) >= 11 is 0. The van der Waals surface area contributed by atoms with E-state index in [-0.39, 0.29) is 19.7 Å². The molecule has 0 heterocycles. The van der Waals surface area contributed by atoms with Crippen LogP contribution < -0.4 is 4.74 Å². The normalized spacial score (nSPS) is 13.6. The molecule has 114 valence electrons. The molecular weight excluding hydrogens is 278 g/mol. The summed E-state index contributed by atoms with van der Waals surface area (Å²) in [5, 5.41) is 9.64. The van der Waals surface area contributed by atoms with Gasteiger partial charge in [-0.1, -0.05) is 0 Å². The smallest absolute Gasteiger partial charge is 0.390 e. The van der Waals surface area contributed by atoms with Gasteiger partial charge in [0.1, 0.15) is 24.3 Å². The number of alkyl halides is 3. The quantitative estimate of drug-likeness (QED) is 0.784. The van der Waals surface area contributed by atoms with Crippen LogP contribution in [0.4, 0.5) is 17.6 Å². The number of rotatable bonds is 7. The third kappa shape index (κ3) is 7.30. The molecule has 1 unspecified atom stereocenters. The van der Waals surface area contributed by atoms with E-state index in [1.165, 1.54) is 36.2 Å². The van der Waals surface area contributed by atoms with Gasteiger partial charge in [-0.05, 0) is 31.3 Å². The lowest BCUT2D eigenvalue weighted by molar-refractivity contribution is -0.138. The van der Waals surface area contributed by atoms with Gasteiger partial charge in [0.15, 0.2) is 0 Å². The molecule has 0 saturated heterocycles. The Balaban J connectivity index is 2.25. The summed E-state index contributed by atoms with van der Waals surface area (Å²) in [5.74, 6) is -0.00632. The van der Waals surface area contributed by atoms with E-state index in [9.17, 15) is 22.7 Å². The van der Waals surface area contributed by atoms with Crippen LogP contribution in [-0.2, 0) is 0 Å². The van der Waals surface area contributed by atoms with Crippen LogP contribution in [0.15, 0.2) is 24.3 Å². The van der Waals surface area contributed by atoms with E-state index in [0.29, 0.717) is 5.75 Å². The second-order valence-electron chi connectivity index (χ2n) is 4.55. The molecule has 7 heteroatoms. The first kappa shape index (κ1) is 16.7. The molecule has 0 saturated carbocycles. The van der Waals surface area contributed by atoms with E-state index >= 15 is 0 Å². The van der Waals surface area contributed by atoms with E-state index in [1.807, 2.05) is 0 Å². The van der Waals surface area contributed by atoms with Gasteiger partial charge in [-0.3, -0.25) is 0 Å². The molecule has 0 aliphatic heterocycles. The monoisotopic (exact) mass is 295 g/mol. The molecular formula is C13H17F4NO2. The highest BCUT2D eigenvalue weighted by Gasteiger charge is 2.27. The topological polar surface area (TPSA) is 32.7 Å². The molecule has 20 heavy (non-hydrogen) atoms. The minimum Gasteiger partial charge on any atom is -0.491 e. The Bertz CT molecular complexity index is 394. The third-order valence-corrected chi connectivity index (χ3v) is 2.56. The van der Waals surface area contributed by atoms with Crippen molar-refractivity contribution in [1.82, 2.24) is 4.90 Å². The molecule has 1 aromatic carbocycles. The van der Waals surface area contributed by atoms with Crippen molar-refractivity contribution in [3.05, 3.63) is 30.1 Å². The number of hydrogen-bond acceptors (Lipinski definition) is 3. The third-order valence-electron chi connectivity index (χ3n) is 2.56. The average molecular weight is 295 g/mol. The Morgan fingerprint density at radius 1 is 1.25 bits per heavy atom. The SMILES string of the molecule is CN(CCC(F)(F)F)CC(O)COc1ccc(F)cc1. The summed E-state index contributed by atoms with van der Waals surface area (Å²) in [7, 11) is 1.49. The zero-order chi connectivity index (χ0) is 15.2. The standard InChI is InChI=1S/C13H17F4NO2/c1-18(7-6-13(15,16)17)8-11(19)9-20-12-4-2-10(14)3-5-12/h2-5,11,19H,6-9H2,1H3. The van der Waals surface area contributed by atoms with E-state index in [1.54, 1.807) is 0 Å². The number of likely N-dealkylation sites (N-methyl/N-ethyl adjacent to an activating group) is 1. The second kappa shape index (κ2) is 7.44. The molecule has 0 aliphatic rings. The summed E-state index contributed by atoms with van der Waals surface area (Å²) in [6.07, 6.45) is -6.04. The molecule has 1 atom stereocenters. The lowest BCUT2D eigenvalue weighted by Crippen LogP contribution is -2.35. The van der Waals surface area contributed by atoms with Crippen LogP contribution in [0.1, 0.15) is 6.42 Å². The molecule has 0 radical (unpaired) electrons. The first-order valence-electron chi connectivity index (χ1n) is 6.08. The van der Waals surface area contributed by atoms with Crippen LogP contribution >= 0.6 is 0 Å². The van der Waals surface area contributed by atoms with Gasteiger partial charge in [-0.25, -0.2) is 4.39 Å². The Hall–Kier alpha value is -1.34. The highest BCUT2D eigenvalue weighted by atomic mass is 19.4. The van der Waals surface area contributed by atoms with E-state index in [4.69, 9.17) is 4.74 Å². The van der Waals surface area contributed by atoms with Crippen LogP contribution in [0, 0.1) is 5.82 Å². The van der Waals surface area contributed by atoms with Crippen LogP contribution in [0.5, 0.6) is 5.75 Å². The molecule has 0 spiro atoms. The molecule has 1 N–H and O–H groups in total. The zero-order valence-corrected chi connectivity index (χ0v) is 11.0. The highest BCUT2D eigenvalue weighted by molar-refractivity contribution is 5.22. The number of benzene rings is 1. The largest absolute Gasteiger partial charge is 0.491 e. The van der Waals surface area contributed by atoms with Crippen molar-refractivity contribution < 1.29 is 27.4 Å². The number of hydrogen-bond donors (Lipinski definition) is 1. The molecule has 0 bridgehead atoms. The van der Waals surface area contributed by atoms with Crippen LogP contribution in [0.25, 0.3) is 0 Å². The van der Waals surface area contributed by atoms with Gasteiger partial charge >= 0.3 is 6.18 Å². The Morgan fingerprint density at radius 3 is 2.40 bits per heavy atom. The zero-order valence-electron chi connectivity index (χ0n) is 11.0. The second-order valence-corrected chi connectivity index (χ2v) is 4.55. The molecule has 3 nitrogen and oxygen atoms in total. The summed E-state index contributed by atoms with van der Waals surface area (Å²) in [6, 6.07) is 5.26. The van der Waals surface area contributed by atoms with Gasteiger partial charge in [-0.15, -0.1) is 0 Å².